The summed E-state index contributed by atoms with van der Waals surface area (Å²) < 4.78 is 3.42. The maximum atomic E-state index is 4.83. The van der Waals surface area contributed by atoms with Crippen molar-refractivity contribution in [2.75, 3.05) is 0 Å². The zero-order valence-electron chi connectivity index (χ0n) is 14.5. The minimum Gasteiger partial charge on any atom is -0.241 e. The molecule has 0 aliphatic carbocycles. The Balaban J connectivity index is 2.17. The highest BCUT2D eigenvalue weighted by molar-refractivity contribution is 7.22. The van der Waals surface area contributed by atoms with E-state index < -0.39 is 0 Å². The van der Waals surface area contributed by atoms with Crippen LogP contribution in [0.25, 0.3) is 31.8 Å². The molecule has 0 aliphatic rings. The lowest BCUT2D eigenvalue weighted by Gasteiger charge is -2.07. The number of fused-ring (bicyclic) bond motifs is 2. The monoisotopic (exact) mass is 335 g/mol. The van der Waals surface area contributed by atoms with E-state index in [9.17, 15) is 0 Å². The molecule has 5 heteroatoms. The van der Waals surface area contributed by atoms with Crippen molar-refractivity contribution in [1.29, 1.82) is 0 Å². The molecule has 4 nitrogen and oxygen atoms in total. The SMILES string of the molecule is Cc1nc2nc(C)[n+](C)c(-c3sc4ccccc4c3C)c2nc1C. The Morgan fingerprint density at radius 3 is 2.38 bits per heavy atom. The summed E-state index contributed by atoms with van der Waals surface area (Å²) in [6, 6.07) is 8.54. The van der Waals surface area contributed by atoms with Gasteiger partial charge in [0.05, 0.1) is 23.3 Å². The van der Waals surface area contributed by atoms with Gasteiger partial charge in [-0.3, -0.25) is 0 Å². The van der Waals surface area contributed by atoms with Crippen LogP contribution in [0.3, 0.4) is 0 Å². The van der Waals surface area contributed by atoms with Gasteiger partial charge in [-0.2, -0.15) is 0 Å². The Morgan fingerprint density at radius 2 is 1.62 bits per heavy atom. The van der Waals surface area contributed by atoms with Gasteiger partial charge in [-0.15, -0.1) is 11.3 Å². The Labute approximate surface area is 144 Å². The van der Waals surface area contributed by atoms with Crippen molar-refractivity contribution in [2.24, 2.45) is 7.05 Å². The van der Waals surface area contributed by atoms with Crippen LogP contribution >= 0.6 is 11.3 Å². The van der Waals surface area contributed by atoms with Gasteiger partial charge in [0, 0.05) is 11.6 Å². The van der Waals surface area contributed by atoms with E-state index >= 15 is 0 Å². The summed E-state index contributed by atoms with van der Waals surface area (Å²) in [6.07, 6.45) is 0. The highest BCUT2D eigenvalue weighted by atomic mass is 32.1. The van der Waals surface area contributed by atoms with Gasteiger partial charge in [0.15, 0.2) is 11.2 Å². The fourth-order valence-corrected chi connectivity index (χ4v) is 4.33. The summed E-state index contributed by atoms with van der Waals surface area (Å²) in [6.45, 7) is 8.19. The predicted molar refractivity (Wildman–Crippen MR) is 98.3 cm³/mol. The number of hydrogen-bond donors (Lipinski definition) is 0. The van der Waals surface area contributed by atoms with Crippen LogP contribution in [0.15, 0.2) is 24.3 Å². The lowest BCUT2D eigenvalue weighted by Crippen LogP contribution is -2.36. The summed E-state index contributed by atoms with van der Waals surface area (Å²) >= 11 is 1.81. The van der Waals surface area contributed by atoms with E-state index in [4.69, 9.17) is 4.98 Å². The summed E-state index contributed by atoms with van der Waals surface area (Å²) in [7, 11) is 2.05. The number of aromatic nitrogens is 4. The molecule has 4 aromatic rings. The van der Waals surface area contributed by atoms with Crippen LogP contribution in [0.5, 0.6) is 0 Å². The molecule has 24 heavy (non-hydrogen) atoms. The van der Waals surface area contributed by atoms with Crippen LogP contribution in [0.4, 0.5) is 0 Å². The summed E-state index contributed by atoms with van der Waals surface area (Å²) in [5, 5.41) is 1.30. The topological polar surface area (TPSA) is 42.5 Å². The van der Waals surface area contributed by atoms with E-state index in [0.29, 0.717) is 0 Å². The van der Waals surface area contributed by atoms with E-state index in [1.807, 2.05) is 32.1 Å². The highest BCUT2D eigenvalue weighted by Crippen LogP contribution is 2.38. The van der Waals surface area contributed by atoms with Crippen molar-refractivity contribution in [2.45, 2.75) is 27.7 Å². The molecule has 0 saturated heterocycles. The van der Waals surface area contributed by atoms with Gasteiger partial charge in [-0.25, -0.2) is 14.5 Å². The molecule has 3 aromatic heterocycles. The number of benzene rings is 1. The van der Waals surface area contributed by atoms with Gasteiger partial charge < -0.3 is 0 Å². The lowest BCUT2D eigenvalue weighted by molar-refractivity contribution is -0.668. The molecule has 0 amide bonds. The molecule has 0 fully saturated rings. The number of hydrogen-bond acceptors (Lipinski definition) is 4. The molecule has 0 bridgehead atoms. The fourth-order valence-electron chi connectivity index (χ4n) is 3.04. The van der Waals surface area contributed by atoms with Crippen molar-refractivity contribution >= 4 is 32.6 Å². The molecule has 0 unspecified atom stereocenters. The number of aryl methyl sites for hydroxylation is 4. The van der Waals surface area contributed by atoms with Gasteiger partial charge >= 0.3 is 0 Å². The smallest absolute Gasteiger partial charge is 0.241 e. The van der Waals surface area contributed by atoms with Gasteiger partial charge in [0.2, 0.25) is 0 Å². The van der Waals surface area contributed by atoms with Crippen LogP contribution in [0, 0.1) is 27.7 Å². The van der Waals surface area contributed by atoms with Crippen molar-refractivity contribution in [3.63, 3.8) is 0 Å². The van der Waals surface area contributed by atoms with Crippen LogP contribution in [-0.4, -0.2) is 15.0 Å². The molecule has 1 aromatic carbocycles. The Morgan fingerprint density at radius 1 is 0.917 bits per heavy atom. The molecule has 120 valence electrons. The van der Waals surface area contributed by atoms with Gasteiger partial charge in [-0.1, -0.05) is 18.2 Å². The van der Waals surface area contributed by atoms with Gasteiger partial charge in [0.1, 0.15) is 0 Å². The van der Waals surface area contributed by atoms with Crippen molar-refractivity contribution in [3.8, 4) is 10.6 Å². The zero-order chi connectivity index (χ0) is 17.0. The predicted octanol–water partition coefficient (Wildman–Crippen LogP) is 3.96. The van der Waals surface area contributed by atoms with Gasteiger partial charge in [-0.05, 0) is 42.8 Å². The van der Waals surface area contributed by atoms with Gasteiger partial charge in [0.25, 0.3) is 11.5 Å². The average Bonchev–Trinajstić information content (AvgIpc) is 2.88. The third-order valence-corrected chi connectivity index (χ3v) is 5.94. The van der Waals surface area contributed by atoms with Crippen LogP contribution < -0.4 is 4.57 Å². The van der Waals surface area contributed by atoms with E-state index in [2.05, 4.69) is 52.8 Å². The maximum Gasteiger partial charge on any atom is 0.298 e. The molecular formula is C19H19N4S+. The highest BCUT2D eigenvalue weighted by Gasteiger charge is 2.25. The third kappa shape index (κ3) is 2.12. The first-order chi connectivity index (χ1) is 11.5. The largest absolute Gasteiger partial charge is 0.298 e. The average molecular weight is 335 g/mol. The summed E-state index contributed by atoms with van der Waals surface area (Å²) in [4.78, 5) is 15.4. The molecule has 3 heterocycles. The maximum absolute atomic E-state index is 4.83. The second-order valence-electron chi connectivity index (χ2n) is 6.19. The normalized spacial score (nSPS) is 11.5. The Bertz CT molecular complexity index is 1110. The first-order valence-corrected chi connectivity index (χ1v) is 8.79. The second-order valence-corrected chi connectivity index (χ2v) is 7.24. The minimum absolute atomic E-state index is 0.723. The number of rotatable bonds is 1. The van der Waals surface area contributed by atoms with Crippen LogP contribution in [-0.2, 0) is 7.05 Å². The molecule has 0 atom stereocenters. The van der Waals surface area contributed by atoms with Crippen molar-refractivity contribution < 1.29 is 4.57 Å². The minimum atomic E-state index is 0.723. The zero-order valence-corrected chi connectivity index (χ0v) is 15.3. The standard InChI is InChI=1S/C19H19N4S/c1-10-14-8-6-7-9-15(14)24-18(10)17-16-19(22-13(4)23(17)5)21-12(3)11(2)20-16/h6-9H,1-5H3/q+1. The molecular weight excluding hydrogens is 316 g/mol. The first kappa shape index (κ1) is 15.1. The Kier molecular flexibility index (Phi) is 3.35. The molecule has 0 N–H and O–H groups in total. The fraction of sp³-hybridized carbons (Fsp3) is 0.263. The summed E-state index contributed by atoms with van der Waals surface area (Å²) in [5.41, 5.74) is 5.88. The molecule has 0 saturated carbocycles. The Hall–Kier alpha value is -2.40. The van der Waals surface area contributed by atoms with E-state index in [1.54, 1.807) is 0 Å². The summed E-state index contributed by atoms with van der Waals surface area (Å²) in [5.74, 6) is 0.937. The number of nitrogens with zero attached hydrogens (tertiary/aromatic N) is 4. The number of thiophene rings is 1. The second kappa shape index (κ2) is 5.31. The molecule has 0 aliphatic heterocycles. The first-order valence-electron chi connectivity index (χ1n) is 7.97. The van der Waals surface area contributed by atoms with Crippen LogP contribution in [0.2, 0.25) is 0 Å². The van der Waals surface area contributed by atoms with Crippen molar-refractivity contribution in [3.05, 3.63) is 47.0 Å². The van der Waals surface area contributed by atoms with Crippen LogP contribution in [0.1, 0.15) is 22.8 Å². The lowest BCUT2D eigenvalue weighted by atomic mass is 10.1. The molecule has 4 rings (SSSR count). The van der Waals surface area contributed by atoms with E-state index in [1.165, 1.54) is 20.5 Å². The molecule has 0 radical (unpaired) electrons. The third-order valence-electron chi connectivity index (χ3n) is 4.66. The van der Waals surface area contributed by atoms with E-state index in [-0.39, 0.29) is 0 Å². The van der Waals surface area contributed by atoms with Crippen molar-refractivity contribution in [1.82, 2.24) is 15.0 Å². The molecule has 0 spiro atoms. The van der Waals surface area contributed by atoms with E-state index in [0.717, 1.165) is 34.1 Å². The quantitative estimate of drug-likeness (QED) is 0.494.